The van der Waals surface area contributed by atoms with Gasteiger partial charge in [-0.1, -0.05) is 6.07 Å². The molecule has 1 aliphatic rings. The summed E-state index contributed by atoms with van der Waals surface area (Å²) in [6.45, 7) is 2.35. The number of benzene rings is 1. The summed E-state index contributed by atoms with van der Waals surface area (Å²) in [6.07, 6.45) is -3.15. The maximum atomic E-state index is 13.5. The van der Waals surface area contributed by atoms with E-state index in [2.05, 4.69) is 0 Å². The van der Waals surface area contributed by atoms with Crippen molar-refractivity contribution in [2.75, 3.05) is 6.61 Å². The molecule has 1 fully saturated rings. The number of hydrogen-bond acceptors (Lipinski definition) is 2. The lowest BCUT2D eigenvalue weighted by Crippen LogP contribution is -2.37. The highest BCUT2D eigenvalue weighted by molar-refractivity contribution is 5.30. The average Bonchev–Trinajstić information content (AvgIpc) is 2.74. The van der Waals surface area contributed by atoms with Crippen molar-refractivity contribution < 1.29 is 22.3 Å². The van der Waals surface area contributed by atoms with Crippen molar-refractivity contribution in [2.45, 2.75) is 37.6 Å². The summed E-state index contributed by atoms with van der Waals surface area (Å²) >= 11 is 0. The van der Waals surface area contributed by atoms with Crippen LogP contribution in [0.25, 0.3) is 0 Å². The van der Waals surface area contributed by atoms with E-state index in [0.717, 1.165) is 18.6 Å². The van der Waals surface area contributed by atoms with E-state index < -0.39 is 29.2 Å². The van der Waals surface area contributed by atoms with Crippen molar-refractivity contribution in [1.29, 1.82) is 0 Å². The molecule has 2 N–H and O–H groups in total. The second-order valence-corrected chi connectivity index (χ2v) is 4.98. The number of hydrogen-bond donors (Lipinski definition) is 1. The number of rotatable bonds is 2. The predicted molar refractivity (Wildman–Crippen MR) is 61.9 cm³/mol. The van der Waals surface area contributed by atoms with Gasteiger partial charge in [0.2, 0.25) is 0 Å². The molecule has 0 bridgehead atoms. The summed E-state index contributed by atoms with van der Waals surface area (Å²) in [4.78, 5) is 0. The molecule has 1 aromatic carbocycles. The molecule has 1 heterocycles. The Kier molecular flexibility index (Phi) is 3.57. The van der Waals surface area contributed by atoms with Crippen LogP contribution < -0.4 is 5.73 Å². The van der Waals surface area contributed by atoms with E-state index >= 15 is 0 Å². The molecule has 1 aromatic rings. The third-order valence-electron chi connectivity index (χ3n) is 3.56. The normalized spacial score (nSPS) is 25.6. The fraction of sp³-hybridized carbons (Fsp3) is 0.538. The van der Waals surface area contributed by atoms with Crippen molar-refractivity contribution in [3.05, 3.63) is 35.1 Å². The summed E-state index contributed by atoms with van der Waals surface area (Å²) < 4.78 is 56.4. The molecule has 2 nitrogen and oxygen atoms in total. The Balaban J connectivity index is 2.29. The van der Waals surface area contributed by atoms with Crippen LogP contribution in [0.4, 0.5) is 17.6 Å². The van der Waals surface area contributed by atoms with Gasteiger partial charge in [0.1, 0.15) is 5.82 Å². The lowest BCUT2D eigenvalue weighted by molar-refractivity contribution is -0.140. The zero-order chi connectivity index (χ0) is 14.3. The van der Waals surface area contributed by atoms with Gasteiger partial charge in [-0.25, -0.2) is 4.39 Å². The lowest BCUT2D eigenvalue weighted by Gasteiger charge is -2.30. The molecule has 19 heavy (non-hydrogen) atoms. The molecule has 0 aliphatic carbocycles. The molecule has 0 saturated carbocycles. The first-order valence-corrected chi connectivity index (χ1v) is 6.00. The van der Waals surface area contributed by atoms with Crippen LogP contribution >= 0.6 is 0 Å². The Bertz CT molecular complexity index is 466. The van der Waals surface area contributed by atoms with E-state index in [-0.39, 0.29) is 0 Å². The quantitative estimate of drug-likeness (QED) is 0.841. The van der Waals surface area contributed by atoms with Crippen LogP contribution in [-0.2, 0) is 10.9 Å². The van der Waals surface area contributed by atoms with Crippen molar-refractivity contribution >= 4 is 0 Å². The van der Waals surface area contributed by atoms with Crippen molar-refractivity contribution in [3.8, 4) is 0 Å². The fourth-order valence-corrected chi connectivity index (χ4v) is 2.35. The Labute approximate surface area is 108 Å². The van der Waals surface area contributed by atoms with Crippen molar-refractivity contribution in [2.24, 2.45) is 5.73 Å². The van der Waals surface area contributed by atoms with Gasteiger partial charge in [0.05, 0.1) is 17.2 Å². The maximum Gasteiger partial charge on any atom is 0.419 e. The van der Waals surface area contributed by atoms with E-state index in [9.17, 15) is 17.6 Å². The molecule has 1 aliphatic heterocycles. The minimum absolute atomic E-state index is 0.315. The minimum atomic E-state index is -4.69. The third kappa shape index (κ3) is 2.74. The topological polar surface area (TPSA) is 35.2 Å². The van der Waals surface area contributed by atoms with Gasteiger partial charge in [0.15, 0.2) is 0 Å². The first-order chi connectivity index (χ1) is 8.74. The summed E-state index contributed by atoms with van der Waals surface area (Å²) in [5.41, 5.74) is 4.38. The molecule has 106 valence electrons. The molecule has 1 saturated heterocycles. The zero-order valence-electron chi connectivity index (χ0n) is 10.4. The van der Waals surface area contributed by atoms with E-state index in [0.29, 0.717) is 18.6 Å². The highest BCUT2D eigenvalue weighted by Crippen LogP contribution is 2.38. The molecule has 0 spiro atoms. The molecule has 2 unspecified atom stereocenters. The van der Waals surface area contributed by atoms with Crippen LogP contribution in [0.3, 0.4) is 0 Å². The minimum Gasteiger partial charge on any atom is -0.373 e. The van der Waals surface area contributed by atoms with Gasteiger partial charge in [-0.15, -0.1) is 0 Å². The number of alkyl halides is 3. The molecular weight excluding hydrogens is 262 g/mol. The van der Waals surface area contributed by atoms with Crippen LogP contribution in [0.2, 0.25) is 0 Å². The van der Waals surface area contributed by atoms with Gasteiger partial charge in [0, 0.05) is 6.61 Å². The Morgan fingerprint density at radius 3 is 2.53 bits per heavy atom. The number of nitrogens with two attached hydrogens (primary N) is 1. The largest absolute Gasteiger partial charge is 0.419 e. The van der Waals surface area contributed by atoms with Crippen LogP contribution in [0.15, 0.2) is 18.2 Å². The van der Waals surface area contributed by atoms with Gasteiger partial charge in [-0.2, -0.15) is 13.2 Å². The summed E-state index contributed by atoms with van der Waals surface area (Å²) in [5, 5.41) is 0. The predicted octanol–water partition coefficient (Wildman–Crippen LogP) is 3.41. The van der Waals surface area contributed by atoms with Crippen molar-refractivity contribution in [1.82, 2.24) is 0 Å². The average molecular weight is 277 g/mol. The van der Waals surface area contributed by atoms with Gasteiger partial charge >= 0.3 is 6.18 Å². The Morgan fingerprint density at radius 1 is 1.37 bits per heavy atom. The molecule has 6 heteroatoms. The first-order valence-electron chi connectivity index (χ1n) is 6.00. The summed E-state index contributed by atoms with van der Waals surface area (Å²) in [6, 6.07) is 2.14. The van der Waals surface area contributed by atoms with Gasteiger partial charge in [-0.3, -0.25) is 0 Å². The smallest absolute Gasteiger partial charge is 0.373 e. The van der Waals surface area contributed by atoms with E-state index in [1.54, 1.807) is 6.92 Å². The van der Waals surface area contributed by atoms with Crippen LogP contribution in [0.1, 0.15) is 36.9 Å². The molecule has 2 rings (SSSR count). The zero-order valence-corrected chi connectivity index (χ0v) is 10.4. The fourth-order valence-electron chi connectivity index (χ4n) is 2.35. The lowest BCUT2D eigenvalue weighted by atomic mass is 9.88. The molecule has 0 aromatic heterocycles. The second-order valence-electron chi connectivity index (χ2n) is 4.98. The maximum absolute atomic E-state index is 13.5. The van der Waals surface area contributed by atoms with E-state index in [1.807, 2.05) is 0 Å². The van der Waals surface area contributed by atoms with Crippen LogP contribution in [-0.4, -0.2) is 12.2 Å². The Hall–Kier alpha value is -1.14. The number of halogens is 4. The third-order valence-corrected chi connectivity index (χ3v) is 3.56. The standard InChI is InChI=1S/C13H15F4NO/c1-12(5-2-6-19-12)11(18)8-3-4-9(10(14)7-8)13(15,16)17/h3-4,7,11H,2,5-6,18H2,1H3. The second kappa shape index (κ2) is 4.76. The molecule has 0 radical (unpaired) electrons. The highest BCUT2D eigenvalue weighted by Gasteiger charge is 2.39. The molecule has 0 amide bonds. The van der Waals surface area contributed by atoms with E-state index in [1.165, 1.54) is 6.07 Å². The Morgan fingerprint density at radius 2 is 2.05 bits per heavy atom. The summed E-state index contributed by atoms with van der Waals surface area (Å²) in [5.74, 6) is -1.30. The number of ether oxygens (including phenoxy) is 1. The highest BCUT2D eigenvalue weighted by atomic mass is 19.4. The first kappa shape index (κ1) is 14.3. The molecule has 2 atom stereocenters. The van der Waals surface area contributed by atoms with Gasteiger partial charge in [-0.05, 0) is 37.5 Å². The van der Waals surface area contributed by atoms with E-state index in [4.69, 9.17) is 10.5 Å². The van der Waals surface area contributed by atoms with Crippen molar-refractivity contribution in [3.63, 3.8) is 0 Å². The van der Waals surface area contributed by atoms with Gasteiger partial charge in [0.25, 0.3) is 0 Å². The van der Waals surface area contributed by atoms with Crippen LogP contribution in [0.5, 0.6) is 0 Å². The van der Waals surface area contributed by atoms with Gasteiger partial charge < -0.3 is 10.5 Å². The van der Waals surface area contributed by atoms with Crippen LogP contribution in [0, 0.1) is 5.82 Å². The monoisotopic (exact) mass is 277 g/mol. The summed E-state index contributed by atoms with van der Waals surface area (Å²) in [7, 11) is 0. The SMILES string of the molecule is CC1(C(N)c2ccc(C(F)(F)F)c(F)c2)CCCO1. The molecular formula is C13H15F4NO.